The van der Waals surface area contributed by atoms with E-state index in [1.807, 2.05) is 30.3 Å². The van der Waals surface area contributed by atoms with Crippen molar-refractivity contribution in [3.05, 3.63) is 70.4 Å². The van der Waals surface area contributed by atoms with Gasteiger partial charge >= 0.3 is 0 Å². The second-order valence-electron chi connectivity index (χ2n) is 7.96. The molecule has 1 heterocycles. The smallest absolute Gasteiger partial charge is 0.293 e. The Balaban J connectivity index is 1.80. The van der Waals surface area contributed by atoms with Gasteiger partial charge in [0.25, 0.3) is 5.69 Å². The van der Waals surface area contributed by atoms with E-state index in [-0.39, 0.29) is 16.3 Å². The van der Waals surface area contributed by atoms with Gasteiger partial charge in [-0.3, -0.25) is 15.1 Å². The molecule has 0 fully saturated rings. The fourth-order valence-electron chi connectivity index (χ4n) is 3.14. The van der Waals surface area contributed by atoms with E-state index >= 15 is 0 Å². The Bertz CT molecular complexity index is 1180. The van der Waals surface area contributed by atoms with Crippen molar-refractivity contribution in [1.29, 1.82) is 0 Å². The molecule has 0 bridgehead atoms. The van der Waals surface area contributed by atoms with Crippen LogP contribution in [0.5, 0.6) is 0 Å². The molecule has 0 aliphatic carbocycles. The van der Waals surface area contributed by atoms with E-state index in [4.69, 9.17) is 0 Å². The predicted molar refractivity (Wildman–Crippen MR) is 117 cm³/mol. The fraction of sp³-hybridized carbons (Fsp3) is 0.286. The highest BCUT2D eigenvalue weighted by molar-refractivity contribution is 7.89. The molecule has 0 radical (unpaired) electrons. The Morgan fingerprint density at radius 2 is 1.83 bits per heavy atom. The average Bonchev–Trinajstić information content (AvgIpc) is 2.66. The van der Waals surface area contributed by atoms with Crippen molar-refractivity contribution in [2.24, 2.45) is 0 Å². The van der Waals surface area contributed by atoms with Gasteiger partial charge in [0.15, 0.2) is 0 Å². The molecule has 0 saturated carbocycles. The van der Waals surface area contributed by atoms with Gasteiger partial charge in [0, 0.05) is 29.7 Å². The van der Waals surface area contributed by atoms with Gasteiger partial charge in [-0.25, -0.2) is 13.1 Å². The third-order valence-corrected chi connectivity index (χ3v) is 6.10. The molecule has 0 amide bonds. The highest BCUT2D eigenvalue weighted by Crippen LogP contribution is 2.28. The van der Waals surface area contributed by atoms with Crippen LogP contribution in [0.25, 0.3) is 10.9 Å². The van der Waals surface area contributed by atoms with Crippen LogP contribution in [0.2, 0.25) is 0 Å². The van der Waals surface area contributed by atoms with Crippen LogP contribution >= 0.6 is 0 Å². The van der Waals surface area contributed by atoms with Gasteiger partial charge in [0.05, 0.1) is 15.3 Å². The Labute approximate surface area is 175 Å². The number of hydrogen-bond acceptors (Lipinski definition) is 6. The lowest BCUT2D eigenvalue weighted by Crippen LogP contribution is -2.40. The summed E-state index contributed by atoms with van der Waals surface area (Å²) >= 11 is 0. The number of benzene rings is 2. The standard InChI is InChI=1S/C21H24N4O4S/c1-21(2,3)24-30(28,29)17-9-10-18(19(14-17)25(26)27)22-13-11-16-7-4-6-15-8-5-12-23-20(15)16/h4-10,12,14,22,24H,11,13H2,1-3H3. The lowest BCUT2D eigenvalue weighted by molar-refractivity contribution is -0.384. The molecule has 0 spiro atoms. The number of sulfonamides is 1. The van der Waals surface area contributed by atoms with Crippen LogP contribution in [0.4, 0.5) is 11.4 Å². The van der Waals surface area contributed by atoms with E-state index in [1.165, 1.54) is 12.1 Å². The van der Waals surface area contributed by atoms with E-state index in [0.29, 0.717) is 13.0 Å². The molecule has 2 aromatic carbocycles. The van der Waals surface area contributed by atoms with Gasteiger partial charge in [0.1, 0.15) is 5.69 Å². The normalized spacial score (nSPS) is 12.1. The molecule has 3 aromatic rings. The number of nitro groups is 1. The average molecular weight is 429 g/mol. The lowest BCUT2D eigenvalue weighted by atomic mass is 10.1. The van der Waals surface area contributed by atoms with Crippen LogP contribution < -0.4 is 10.0 Å². The van der Waals surface area contributed by atoms with E-state index in [1.54, 1.807) is 27.0 Å². The van der Waals surface area contributed by atoms with E-state index in [2.05, 4.69) is 15.0 Å². The van der Waals surface area contributed by atoms with Crippen molar-refractivity contribution in [3.8, 4) is 0 Å². The SMILES string of the molecule is CC(C)(C)NS(=O)(=O)c1ccc(NCCc2cccc3cccnc23)c([N+](=O)[O-])c1. The molecular weight excluding hydrogens is 404 g/mol. The molecule has 2 N–H and O–H groups in total. The number of rotatable bonds is 7. The second-order valence-corrected chi connectivity index (χ2v) is 9.64. The molecule has 1 aromatic heterocycles. The molecular formula is C21H24N4O4S. The number of anilines is 1. The number of hydrogen-bond donors (Lipinski definition) is 2. The van der Waals surface area contributed by atoms with Crippen molar-refractivity contribution in [1.82, 2.24) is 9.71 Å². The molecule has 0 atom stereocenters. The second kappa shape index (κ2) is 8.37. The van der Waals surface area contributed by atoms with Gasteiger partial charge in [-0.1, -0.05) is 24.3 Å². The number of pyridine rings is 1. The minimum Gasteiger partial charge on any atom is -0.379 e. The first-order chi connectivity index (χ1) is 14.1. The lowest BCUT2D eigenvalue weighted by Gasteiger charge is -2.20. The van der Waals surface area contributed by atoms with Gasteiger partial charge in [-0.2, -0.15) is 0 Å². The Kier molecular flexibility index (Phi) is 6.04. The van der Waals surface area contributed by atoms with Crippen molar-refractivity contribution >= 4 is 32.3 Å². The largest absolute Gasteiger partial charge is 0.379 e. The van der Waals surface area contributed by atoms with Crippen molar-refractivity contribution in [3.63, 3.8) is 0 Å². The quantitative estimate of drug-likeness (QED) is 0.436. The molecule has 30 heavy (non-hydrogen) atoms. The Morgan fingerprint density at radius 1 is 1.10 bits per heavy atom. The maximum Gasteiger partial charge on any atom is 0.293 e. The number of aromatic nitrogens is 1. The van der Waals surface area contributed by atoms with Crippen LogP contribution in [-0.2, 0) is 16.4 Å². The number of para-hydroxylation sites is 1. The third kappa shape index (κ3) is 5.11. The Morgan fingerprint density at radius 3 is 2.53 bits per heavy atom. The monoisotopic (exact) mass is 428 g/mol. The molecule has 0 aliphatic rings. The summed E-state index contributed by atoms with van der Waals surface area (Å²) in [6.07, 6.45) is 2.34. The summed E-state index contributed by atoms with van der Waals surface area (Å²) in [6, 6.07) is 13.6. The van der Waals surface area contributed by atoms with Gasteiger partial charge in [0.2, 0.25) is 10.0 Å². The molecule has 0 saturated heterocycles. The first-order valence-electron chi connectivity index (χ1n) is 9.46. The van der Waals surface area contributed by atoms with Gasteiger partial charge < -0.3 is 5.32 Å². The summed E-state index contributed by atoms with van der Waals surface area (Å²) in [4.78, 5) is 15.2. The first-order valence-corrected chi connectivity index (χ1v) is 10.9. The van der Waals surface area contributed by atoms with Crippen molar-refractivity contribution < 1.29 is 13.3 Å². The predicted octanol–water partition coefficient (Wildman–Crippen LogP) is 3.87. The molecule has 9 heteroatoms. The molecule has 0 aliphatic heterocycles. The molecule has 0 unspecified atom stereocenters. The summed E-state index contributed by atoms with van der Waals surface area (Å²) in [6.45, 7) is 5.55. The first kappa shape index (κ1) is 21.7. The fourth-order valence-corrected chi connectivity index (χ4v) is 4.58. The zero-order valence-corrected chi connectivity index (χ0v) is 17.9. The topological polar surface area (TPSA) is 114 Å². The van der Waals surface area contributed by atoms with Gasteiger partial charge in [-0.15, -0.1) is 0 Å². The highest BCUT2D eigenvalue weighted by atomic mass is 32.2. The zero-order chi connectivity index (χ0) is 21.9. The van der Waals surface area contributed by atoms with Gasteiger partial charge in [-0.05, 0) is 51.0 Å². The van der Waals surface area contributed by atoms with Crippen LogP contribution in [0.1, 0.15) is 26.3 Å². The zero-order valence-electron chi connectivity index (χ0n) is 17.0. The molecule has 8 nitrogen and oxygen atoms in total. The summed E-state index contributed by atoms with van der Waals surface area (Å²) in [7, 11) is -3.87. The summed E-state index contributed by atoms with van der Waals surface area (Å²) in [5.41, 5.74) is 1.20. The maximum atomic E-state index is 12.5. The minimum absolute atomic E-state index is 0.145. The minimum atomic E-state index is -3.87. The maximum absolute atomic E-state index is 12.5. The van der Waals surface area contributed by atoms with E-state index < -0.39 is 20.5 Å². The highest BCUT2D eigenvalue weighted by Gasteiger charge is 2.25. The summed E-state index contributed by atoms with van der Waals surface area (Å²) < 4.78 is 27.5. The number of fused-ring (bicyclic) bond motifs is 1. The summed E-state index contributed by atoms with van der Waals surface area (Å²) in [5, 5.41) is 15.6. The number of nitrogens with zero attached hydrogens (tertiary/aromatic N) is 2. The van der Waals surface area contributed by atoms with Crippen molar-refractivity contribution in [2.75, 3.05) is 11.9 Å². The van der Waals surface area contributed by atoms with Crippen LogP contribution in [0, 0.1) is 10.1 Å². The molecule has 158 valence electrons. The summed E-state index contributed by atoms with van der Waals surface area (Å²) in [5.74, 6) is 0. The van der Waals surface area contributed by atoms with Crippen LogP contribution in [0.15, 0.2) is 59.6 Å². The van der Waals surface area contributed by atoms with Crippen LogP contribution in [0.3, 0.4) is 0 Å². The van der Waals surface area contributed by atoms with Crippen molar-refractivity contribution in [2.45, 2.75) is 37.6 Å². The number of nitrogens with one attached hydrogen (secondary N) is 2. The van der Waals surface area contributed by atoms with E-state index in [9.17, 15) is 18.5 Å². The molecule has 3 rings (SSSR count). The van der Waals surface area contributed by atoms with E-state index in [0.717, 1.165) is 22.5 Å². The van der Waals surface area contributed by atoms with Crippen LogP contribution in [-0.4, -0.2) is 30.4 Å². The third-order valence-electron chi connectivity index (χ3n) is 4.34. The Hall–Kier alpha value is -3.04. The number of nitro benzene ring substituents is 1.